The fourth-order valence-electron chi connectivity index (χ4n) is 2.32. The Morgan fingerprint density at radius 1 is 1.24 bits per heavy atom. The Balaban J connectivity index is 1.74. The molecule has 0 saturated carbocycles. The van der Waals surface area contributed by atoms with E-state index in [-0.39, 0.29) is 19.3 Å². The van der Waals surface area contributed by atoms with E-state index in [9.17, 15) is 5.11 Å². The molecule has 5 heteroatoms. The fourth-order valence-corrected chi connectivity index (χ4v) is 2.43. The third-order valence-electron chi connectivity index (χ3n) is 3.54. The maximum Gasteiger partial charge on any atom is 0.120 e. The van der Waals surface area contributed by atoms with Gasteiger partial charge >= 0.3 is 0 Å². The van der Waals surface area contributed by atoms with Crippen molar-refractivity contribution >= 4 is 11.6 Å². The zero-order valence-corrected chi connectivity index (χ0v) is 13.4. The van der Waals surface area contributed by atoms with Gasteiger partial charge in [-0.3, -0.25) is 0 Å². The third kappa shape index (κ3) is 5.15. The molecule has 1 N–H and O–H groups in total. The molecule has 1 aromatic carbocycles. The van der Waals surface area contributed by atoms with Crippen molar-refractivity contribution in [3.63, 3.8) is 0 Å². The predicted octanol–water partition coefficient (Wildman–Crippen LogP) is 2.89. The molecule has 1 fully saturated rings. The quantitative estimate of drug-likeness (QED) is 0.877. The molecule has 1 aromatic rings. The summed E-state index contributed by atoms with van der Waals surface area (Å²) in [7, 11) is 0. The van der Waals surface area contributed by atoms with E-state index in [1.54, 1.807) is 0 Å². The minimum absolute atomic E-state index is 0.188. The number of rotatable bonds is 6. The zero-order chi connectivity index (χ0) is 15.2. The van der Waals surface area contributed by atoms with Crippen LogP contribution in [0.1, 0.15) is 24.0 Å². The van der Waals surface area contributed by atoms with Crippen LogP contribution in [0.5, 0.6) is 5.75 Å². The van der Waals surface area contributed by atoms with Crippen LogP contribution in [0, 0.1) is 13.8 Å². The van der Waals surface area contributed by atoms with E-state index in [4.69, 9.17) is 25.8 Å². The van der Waals surface area contributed by atoms with Gasteiger partial charge in [-0.05, 0) is 49.9 Å². The van der Waals surface area contributed by atoms with Crippen molar-refractivity contribution in [1.29, 1.82) is 0 Å². The standard InChI is InChI=1S/C16H23ClO4/c1-11-7-15(8-12(2)16(11)17)21-10-13(18)9-20-14-3-5-19-6-4-14/h7-8,13-14,18H,3-6,9-10H2,1-2H3/t13-/m1/s1. The average molecular weight is 315 g/mol. The van der Waals surface area contributed by atoms with Crippen LogP contribution in [0.3, 0.4) is 0 Å². The second-order valence-electron chi connectivity index (χ2n) is 5.48. The maximum atomic E-state index is 9.93. The second kappa shape index (κ2) is 7.99. The first-order valence-electron chi connectivity index (χ1n) is 7.33. The van der Waals surface area contributed by atoms with Crippen molar-refractivity contribution in [3.8, 4) is 5.75 Å². The summed E-state index contributed by atoms with van der Waals surface area (Å²) < 4.78 is 16.5. The van der Waals surface area contributed by atoms with Gasteiger partial charge in [0.25, 0.3) is 0 Å². The number of aliphatic hydroxyl groups excluding tert-OH is 1. The van der Waals surface area contributed by atoms with Gasteiger partial charge in [0.2, 0.25) is 0 Å². The lowest BCUT2D eigenvalue weighted by molar-refractivity contribution is -0.0659. The normalized spacial score (nSPS) is 17.7. The monoisotopic (exact) mass is 314 g/mol. The van der Waals surface area contributed by atoms with Crippen LogP contribution >= 0.6 is 11.6 Å². The molecule has 1 saturated heterocycles. The van der Waals surface area contributed by atoms with Crippen LogP contribution in [0.15, 0.2) is 12.1 Å². The van der Waals surface area contributed by atoms with Gasteiger partial charge < -0.3 is 19.3 Å². The van der Waals surface area contributed by atoms with Crippen molar-refractivity contribution < 1.29 is 19.3 Å². The highest BCUT2D eigenvalue weighted by atomic mass is 35.5. The minimum Gasteiger partial charge on any atom is -0.491 e. The summed E-state index contributed by atoms with van der Waals surface area (Å²) >= 11 is 6.11. The first kappa shape index (κ1) is 16.6. The highest BCUT2D eigenvalue weighted by molar-refractivity contribution is 6.32. The van der Waals surface area contributed by atoms with Gasteiger partial charge in [-0.2, -0.15) is 0 Å². The third-order valence-corrected chi connectivity index (χ3v) is 4.14. The number of aryl methyl sites for hydroxylation is 2. The van der Waals surface area contributed by atoms with E-state index in [1.165, 1.54) is 0 Å². The predicted molar refractivity (Wildman–Crippen MR) is 82.2 cm³/mol. The lowest BCUT2D eigenvalue weighted by Crippen LogP contribution is -2.30. The Kier molecular flexibility index (Phi) is 6.30. The van der Waals surface area contributed by atoms with E-state index >= 15 is 0 Å². The van der Waals surface area contributed by atoms with Crippen molar-refractivity contribution in [2.75, 3.05) is 26.4 Å². The molecule has 0 aliphatic carbocycles. The molecule has 2 rings (SSSR count). The number of benzene rings is 1. The summed E-state index contributed by atoms with van der Waals surface area (Å²) in [4.78, 5) is 0. The fraction of sp³-hybridized carbons (Fsp3) is 0.625. The van der Waals surface area contributed by atoms with Gasteiger partial charge in [0.15, 0.2) is 0 Å². The van der Waals surface area contributed by atoms with Gasteiger partial charge in [-0.15, -0.1) is 0 Å². The molecule has 21 heavy (non-hydrogen) atoms. The molecule has 1 aliphatic heterocycles. The first-order valence-corrected chi connectivity index (χ1v) is 7.71. The van der Waals surface area contributed by atoms with E-state index < -0.39 is 6.10 Å². The lowest BCUT2D eigenvalue weighted by atomic mass is 10.1. The molecule has 0 unspecified atom stereocenters. The Morgan fingerprint density at radius 3 is 2.48 bits per heavy atom. The molecule has 0 bridgehead atoms. The van der Waals surface area contributed by atoms with Gasteiger partial charge in [0, 0.05) is 18.2 Å². The molecule has 0 amide bonds. The van der Waals surface area contributed by atoms with Crippen LogP contribution < -0.4 is 4.74 Å². The van der Waals surface area contributed by atoms with Crippen LogP contribution in [-0.2, 0) is 9.47 Å². The molecule has 0 aromatic heterocycles. The second-order valence-corrected chi connectivity index (χ2v) is 5.86. The number of ether oxygens (including phenoxy) is 3. The number of hydrogen-bond acceptors (Lipinski definition) is 4. The van der Waals surface area contributed by atoms with Crippen molar-refractivity contribution in [3.05, 3.63) is 28.3 Å². The highest BCUT2D eigenvalue weighted by Crippen LogP contribution is 2.25. The first-order chi connectivity index (χ1) is 10.1. The number of aliphatic hydroxyl groups is 1. The summed E-state index contributed by atoms with van der Waals surface area (Å²) in [5.41, 5.74) is 1.94. The highest BCUT2D eigenvalue weighted by Gasteiger charge is 2.16. The van der Waals surface area contributed by atoms with E-state index in [0.717, 1.165) is 48.0 Å². The number of hydrogen-bond donors (Lipinski definition) is 1. The van der Waals surface area contributed by atoms with Crippen molar-refractivity contribution in [2.45, 2.75) is 38.9 Å². The Hall–Kier alpha value is -0.810. The molecule has 4 nitrogen and oxygen atoms in total. The van der Waals surface area contributed by atoms with E-state index in [1.807, 2.05) is 26.0 Å². The molecule has 0 spiro atoms. The average Bonchev–Trinajstić information content (AvgIpc) is 2.49. The van der Waals surface area contributed by atoms with E-state index in [0.29, 0.717) is 0 Å². The molecule has 0 radical (unpaired) electrons. The summed E-state index contributed by atoms with van der Waals surface area (Å²) in [5, 5.41) is 10.7. The van der Waals surface area contributed by atoms with Crippen LogP contribution in [0.4, 0.5) is 0 Å². The zero-order valence-electron chi connectivity index (χ0n) is 12.6. The van der Waals surface area contributed by atoms with Crippen molar-refractivity contribution in [2.24, 2.45) is 0 Å². The molecular weight excluding hydrogens is 292 g/mol. The minimum atomic E-state index is -0.635. The van der Waals surface area contributed by atoms with Crippen molar-refractivity contribution in [1.82, 2.24) is 0 Å². The molecule has 118 valence electrons. The lowest BCUT2D eigenvalue weighted by Gasteiger charge is -2.23. The summed E-state index contributed by atoms with van der Waals surface area (Å²) in [6.07, 6.45) is 1.34. The molecule has 1 aliphatic rings. The molecule has 1 atom stereocenters. The largest absolute Gasteiger partial charge is 0.491 e. The summed E-state index contributed by atoms with van der Waals surface area (Å²) in [6.45, 7) is 5.85. The Morgan fingerprint density at radius 2 is 1.86 bits per heavy atom. The van der Waals surface area contributed by atoms with Gasteiger partial charge in [0.1, 0.15) is 18.5 Å². The Labute approximate surface area is 131 Å². The van der Waals surface area contributed by atoms with Gasteiger partial charge in [0.05, 0.1) is 12.7 Å². The number of halogens is 1. The van der Waals surface area contributed by atoms with Crippen LogP contribution in [-0.4, -0.2) is 43.7 Å². The van der Waals surface area contributed by atoms with Crippen LogP contribution in [0.2, 0.25) is 5.02 Å². The SMILES string of the molecule is Cc1cc(OC[C@H](O)COC2CCOCC2)cc(C)c1Cl. The molecule has 1 heterocycles. The van der Waals surface area contributed by atoms with Gasteiger partial charge in [-0.1, -0.05) is 11.6 Å². The van der Waals surface area contributed by atoms with Gasteiger partial charge in [-0.25, -0.2) is 0 Å². The molecular formula is C16H23ClO4. The van der Waals surface area contributed by atoms with E-state index in [2.05, 4.69) is 0 Å². The Bertz CT molecular complexity index is 435. The topological polar surface area (TPSA) is 47.9 Å². The maximum absolute atomic E-state index is 9.93. The smallest absolute Gasteiger partial charge is 0.120 e. The van der Waals surface area contributed by atoms with Crippen LogP contribution in [0.25, 0.3) is 0 Å². The summed E-state index contributed by atoms with van der Waals surface area (Å²) in [6, 6.07) is 3.75. The summed E-state index contributed by atoms with van der Waals surface area (Å²) in [5.74, 6) is 0.722.